The molecular formula is C18H29N3OS. The summed E-state index contributed by atoms with van der Waals surface area (Å²) in [5.41, 5.74) is 2.31. The summed E-state index contributed by atoms with van der Waals surface area (Å²) in [6.07, 6.45) is 0. The van der Waals surface area contributed by atoms with Gasteiger partial charge < -0.3 is 10.2 Å². The fourth-order valence-corrected chi connectivity index (χ4v) is 4.02. The third kappa shape index (κ3) is 5.74. The Morgan fingerprint density at radius 2 is 2.04 bits per heavy atom. The number of amides is 1. The number of nitrogens with one attached hydrogen (secondary N) is 1. The van der Waals surface area contributed by atoms with E-state index in [0.29, 0.717) is 24.3 Å². The van der Waals surface area contributed by atoms with Gasteiger partial charge in [0.05, 0.1) is 6.54 Å². The van der Waals surface area contributed by atoms with Crippen LogP contribution in [0.2, 0.25) is 0 Å². The van der Waals surface area contributed by atoms with Crippen molar-refractivity contribution in [3.8, 4) is 0 Å². The molecule has 0 radical (unpaired) electrons. The van der Waals surface area contributed by atoms with Crippen molar-refractivity contribution in [1.29, 1.82) is 0 Å². The Hall–Kier alpha value is -1.20. The molecule has 1 unspecified atom stereocenters. The van der Waals surface area contributed by atoms with Gasteiger partial charge in [0.15, 0.2) is 0 Å². The molecule has 0 bridgehead atoms. The maximum atomic E-state index is 12.2. The largest absolute Gasteiger partial charge is 0.378 e. The third-order valence-corrected chi connectivity index (χ3v) is 5.77. The average Bonchev–Trinajstić information content (AvgIpc) is 2.53. The predicted molar refractivity (Wildman–Crippen MR) is 100 cm³/mol. The molecule has 2 rings (SSSR count). The van der Waals surface area contributed by atoms with Gasteiger partial charge in [-0.3, -0.25) is 9.69 Å². The van der Waals surface area contributed by atoms with E-state index in [2.05, 4.69) is 53.2 Å². The number of hydrogen-bond acceptors (Lipinski definition) is 4. The fourth-order valence-electron chi connectivity index (χ4n) is 2.65. The lowest BCUT2D eigenvalue weighted by Crippen LogP contribution is -2.45. The highest BCUT2D eigenvalue weighted by atomic mass is 32.2. The molecule has 1 aliphatic heterocycles. The van der Waals surface area contributed by atoms with Gasteiger partial charge in [0, 0.05) is 50.4 Å². The number of thioether (sulfide) groups is 1. The minimum Gasteiger partial charge on any atom is -0.378 e. The number of nitrogens with zero attached hydrogens (tertiary/aromatic N) is 2. The quantitative estimate of drug-likeness (QED) is 0.866. The summed E-state index contributed by atoms with van der Waals surface area (Å²) in [7, 11) is 4.05. The molecule has 1 aromatic carbocycles. The summed E-state index contributed by atoms with van der Waals surface area (Å²) in [5.74, 6) is 1.92. The van der Waals surface area contributed by atoms with Crippen LogP contribution in [0, 0.1) is 5.92 Å². The number of benzene rings is 1. The van der Waals surface area contributed by atoms with Crippen LogP contribution in [0.25, 0.3) is 0 Å². The summed E-state index contributed by atoms with van der Waals surface area (Å²) in [6.45, 7) is 7.67. The van der Waals surface area contributed by atoms with Crippen molar-refractivity contribution in [1.82, 2.24) is 10.2 Å². The molecule has 1 N–H and O–H groups in total. The zero-order valence-corrected chi connectivity index (χ0v) is 15.5. The molecule has 0 aliphatic carbocycles. The van der Waals surface area contributed by atoms with Crippen LogP contribution in [0.3, 0.4) is 0 Å². The van der Waals surface area contributed by atoms with Crippen LogP contribution in [0.5, 0.6) is 0 Å². The SMILES string of the molecule is CC(C)C1CN(CC(=O)NCc2ccc(N(C)C)cc2)CCS1. The van der Waals surface area contributed by atoms with Crippen LogP contribution in [0.1, 0.15) is 19.4 Å². The molecule has 1 aromatic rings. The first kappa shape index (κ1) is 18.1. The highest BCUT2D eigenvalue weighted by Crippen LogP contribution is 2.24. The summed E-state index contributed by atoms with van der Waals surface area (Å²) < 4.78 is 0. The molecule has 0 aromatic heterocycles. The van der Waals surface area contributed by atoms with Crippen LogP contribution in [-0.4, -0.2) is 55.5 Å². The minimum absolute atomic E-state index is 0.121. The zero-order valence-electron chi connectivity index (χ0n) is 14.7. The smallest absolute Gasteiger partial charge is 0.234 e. The summed E-state index contributed by atoms with van der Waals surface area (Å²) in [4.78, 5) is 16.5. The van der Waals surface area contributed by atoms with Crippen molar-refractivity contribution in [2.45, 2.75) is 25.6 Å². The van der Waals surface area contributed by atoms with E-state index in [4.69, 9.17) is 0 Å². The summed E-state index contributed by atoms with van der Waals surface area (Å²) in [5, 5.41) is 3.69. The molecule has 0 saturated carbocycles. The second-order valence-corrected chi connectivity index (χ2v) is 8.07. The molecule has 1 amide bonds. The number of carbonyl (C=O) groups is 1. The molecule has 23 heavy (non-hydrogen) atoms. The first-order valence-corrected chi connectivity index (χ1v) is 9.37. The molecular weight excluding hydrogens is 306 g/mol. The average molecular weight is 336 g/mol. The van der Waals surface area contributed by atoms with Gasteiger partial charge in [-0.1, -0.05) is 26.0 Å². The van der Waals surface area contributed by atoms with Crippen molar-refractivity contribution in [3.63, 3.8) is 0 Å². The van der Waals surface area contributed by atoms with Crippen LogP contribution in [0.4, 0.5) is 5.69 Å². The molecule has 1 saturated heterocycles. The summed E-state index contributed by atoms with van der Waals surface area (Å²) >= 11 is 2.04. The fraction of sp³-hybridized carbons (Fsp3) is 0.611. The lowest BCUT2D eigenvalue weighted by molar-refractivity contribution is -0.122. The highest BCUT2D eigenvalue weighted by molar-refractivity contribution is 8.00. The van der Waals surface area contributed by atoms with Gasteiger partial charge in [0.1, 0.15) is 0 Å². The molecule has 5 heteroatoms. The number of carbonyl (C=O) groups excluding carboxylic acids is 1. The molecule has 4 nitrogen and oxygen atoms in total. The van der Waals surface area contributed by atoms with Crippen LogP contribution in [-0.2, 0) is 11.3 Å². The maximum Gasteiger partial charge on any atom is 0.234 e. The zero-order chi connectivity index (χ0) is 16.8. The Morgan fingerprint density at radius 3 is 2.65 bits per heavy atom. The molecule has 1 heterocycles. The minimum atomic E-state index is 0.121. The Kier molecular flexibility index (Phi) is 6.78. The predicted octanol–water partition coefficient (Wildman–Crippen LogP) is 2.44. The standard InChI is InChI=1S/C18H29N3OS/c1-14(2)17-12-21(9-10-23-17)13-18(22)19-11-15-5-7-16(8-6-15)20(3)4/h5-8,14,17H,9-13H2,1-4H3,(H,19,22). The number of anilines is 1. The van der Waals surface area contributed by atoms with Gasteiger partial charge in [-0.2, -0.15) is 11.8 Å². The topological polar surface area (TPSA) is 35.6 Å². The van der Waals surface area contributed by atoms with Crippen LogP contribution < -0.4 is 10.2 Å². The Bertz CT molecular complexity index is 501. The van der Waals surface area contributed by atoms with Crippen molar-refractivity contribution >= 4 is 23.4 Å². The molecule has 1 fully saturated rings. The van der Waals surface area contributed by atoms with Gasteiger partial charge in [-0.15, -0.1) is 0 Å². The first-order valence-electron chi connectivity index (χ1n) is 8.32. The van der Waals surface area contributed by atoms with E-state index in [1.165, 1.54) is 5.69 Å². The third-order valence-electron chi connectivity index (χ3n) is 4.23. The first-order chi connectivity index (χ1) is 11.0. The Balaban J connectivity index is 1.76. The van der Waals surface area contributed by atoms with Crippen molar-refractivity contribution in [2.75, 3.05) is 44.4 Å². The maximum absolute atomic E-state index is 12.2. The van der Waals surface area contributed by atoms with E-state index in [1.54, 1.807) is 0 Å². The molecule has 1 aliphatic rings. The molecule has 1 atom stereocenters. The van der Waals surface area contributed by atoms with Gasteiger partial charge in [-0.05, 0) is 23.6 Å². The number of hydrogen-bond donors (Lipinski definition) is 1. The van der Waals surface area contributed by atoms with Crippen LogP contribution in [0.15, 0.2) is 24.3 Å². The van der Waals surface area contributed by atoms with E-state index in [0.717, 1.165) is 24.4 Å². The van der Waals surface area contributed by atoms with E-state index >= 15 is 0 Å². The van der Waals surface area contributed by atoms with Gasteiger partial charge in [-0.25, -0.2) is 0 Å². The van der Waals surface area contributed by atoms with E-state index in [9.17, 15) is 4.79 Å². The van der Waals surface area contributed by atoms with Gasteiger partial charge in [0.2, 0.25) is 5.91 Å². The second-order valence-electron chi connectivity index (χ2n) is 6.73. The van der Waals surface area contributed by atoms with Gasteiger partial charge in [0.25, 0.3) is 0 Å². The van der Waals surface area contributed by atoms with E-state index in [-0.39, 0.29) is 5.91 Å². The van der Waals surface area contributed by atoms with Crippen LogP contribution >= 0.6 is 11.8 Å². The normalized spacial score (nSPS) is 18.9. The second kappa shape index (κ2) is 8.60. The van der Waals surface area contributed by atoms with E-state index in [1.807, 2.05) is 25.9 Å². The number of rotatable bonds is 6. The van der Waals surface area contributed by atoms with Crippen molar-refractivity contribution < 1.29 is 4.79 Å². The van der Waals surface area contributed by atoms with E-state index < -0.39 is 0 Å². The molecule has 0 spiro atoms. The Labute approximate surface area is 144 Å². The monoisotopic (exact) mass is 335 g/mol. The highest BCUT2D eigenvalue weighted by Gasteiger charge is 2.23. The van der Waals surface area contributed by atoms with Crippen molar-refractivity contribution in [3.05, 3.63) is 29.8 Å². The molecule has 128 valence electrons. The lowest BCUT2D eigenvalue weighted by atomic mass is 10.1. The Morgan fingerprint density at radius 1 is 1.35 bits per heavy atom. The van der Waals surface area contributed by atoms with Crippen molar-refractivity contribution in [2.24, 2.45) is 5.92 Å². The lowest BCUT2D eigenvalue weighted by Gasteiger charge is -2.33. The summed E-state index contributed by atoms with van der Waals surface area (Å²) in [6, 6.07) is 8.30. The van der Waals surface area contributed by atoms with Gasteiger partial charge >= 0.3 is 0 Å².